The van der Waals surface area contributed by atoms with Gasteiger partial charge in [0.2, 0.25) is 6.29 Å². The van der Waals surface area contributed by atoms with Gasteiger partial charge < -0.3 is 24.8 Å². The molecule has 4 N–H and O–H groups in total. The molecule has 1 fully saturated rings. The zero-order valence-electron chi connectivity index (χ0n) is 17.2. The first-order valence-corrected chi connectivity index (χ1v) is 10.3. The van der Waals surface area contributed by atoms with E-state index < -0.39 is 54.7 Å². The predicted molar refractivity (Wildman–Crippen MR) is 111 cm³/mol. The van der Waals surface area contributed by atoms with Crippen molar-refractivity contribution in [1.29, 1.82) is 0 Å². The van der Waals surface area contributed by atoms with Gasteiger partial charge in [-0.25, -0.2) is 13.2 Å². The first-order valence-electron chi connectivity index (χ1n) is 9.89. The molecular weight excluding hydrogens is 467 g/mol. The first-order chi connectivity index (χ1) is 15.7. The highest BCUT2D eigenvalue weighted by Crippen LogP contribution is 2.32. The van der Waals surface area contributed by atoms with Crippen molar-refractivity contribution in [1.82, 2.24) is 15.6 Å². The fourth-order valence-electron chi connectivity index (χ4n) is 3.77. The Hall–Kier alpha value is -2.54. The largest absolute Gasteiger partial charge is 0.462 e. The molecule has 0 aromatic heterocycles. The van der Waals surface area contributed by atoms with Gasteiger partial charge in [0.15, 0.2) is 17.5 Å². The summed E-state index contributed by atoms with van der Waals surface area (Å²) in [4.78, 5) is 0. The molecule has 178 valence electrons. The van der Waals surface area contributed by atoms with Crippen LogP contribution in [0.5, 0.6) is 5.75 Å². The molecule has 2 aliphatic heterocycles. The van der Waals surface area contributed by atoms with Crippen LogP contribution in [0.2, 0.25) is 5.02 Å². The van der Waals surface area contributed by atoms with Crippen LogP contribution in [0.15, 0.2) is 42.6 Å². The molecule has 0 amide bonds. The van der Waals surface area contributed by atoms with Gasteiger partial charge in [-0.3, -0.25) is 10.4 Å². The quantitative estimate of drug-likeness (QED) is 0.472. The number of nitrogens with one attached hydrogen (secondary N) is 1. The molecule has 8 nitrogen and oxygen atoms in total. The maximum absolute atomic E-state index is 13.7. The fourth-order valence-corrected chi connectivity index (χ4v) is 3.95. The van der Waals surface area contributed by atoms with E-state index in [1.807, 2.05) is 0 Å². The molecule has 0 aliphatic carbocycles. The fraction of sp³-hybridized carbons (Fsp3) is 0.333. The highest BCUT2D eigenvalue weighted by Gasteiger charge is 2.49. The first kappa shape index (κ1) is 23.6. The van der Waals surface area contributed by atoms with Crippen molar-refractivity contribution >= 4 is 17.3 Å². The average Bonchev–Trinajstić information content (AvgIpc) is 3.15. The van der Waals surface area contributed by atoms with Crippen molar-refractivity contribution in [2.45, 2.75) is 30.6 Å². The Morgan fingerprint density at radius 3 is 2.45 bits per heavy atom. The van der Waals surface area contributed by atoms with Crippen LogP contribution in [0.25, 0.3) is 5.70 Å². The molecule has 33 heavy (non-hydrogen) atoms. The third-order valence-electron chi connectivity index (χ3n) is 5.39. The summed E-state index contributed by atoms with van der Waals surface area (Å²) in [5.74, 6) is -4.03. The summed E-state index contributed by atoms with van der Waals surface area (Å²) in [6, 6.07) is 6.88. The zero-order chi connectivity index (χ0) is 23.9. The Morgan fingerprint density at radius 2 is 1.82 bits per heavy atom. The molecular formula is C21H21ClF3N3O5. The number of aliphatic hydroxyl groups is 3. The van der Waals surface area contributed by atoms with E-state index in [1.165, 1.54) is 29.4 Å². The summed E-state index contributed by atoms with van der Waals surface area (Å²) >= 11 is 5.96. The lowest BCUT2D eigenvalue weighted by atomic mass is 9.95. The molecule has 4 rings (SSSR count). The molecule has 2 aromatic carbocycles. The number of aliphatic hydroxyl groups excluding tert-OH is 3. The van der Waals surface area contributed by atoms with Crippen LogP contribution in [0, 0.1) is 17.5 Å². The third-order valence-corrected chi connectivity index (χ3v) is 5.62. The van der Waals surface area contributed by atoms with Crippen LogP contribution in [0.4, 0.5) is 13.2 Å². The standard InChI is InChI=1S/C21H21ClF3N3O5/c1-27-26-15(10-5-13(23)17(25)14(24)6-10)8-28(27)18-19(30)16(9-29)33-21(20(18)31)32-12-4-2-3-11(22)7-12/h2-8,16,18-21,26,29-31H,9H2,1H3/t16?,18?,19-,20?,21-/m0/s1. The molecule has 3 unspecified atom stereocenters. The number of hydrazine groups is 2. The van der Waals surface area contributed by atoms with Gasteiger partial charge in [0.05, 0.1) is 12.3 Å². The van der Waals surface area contributed by atoms with E-state index in [0.717, 1.165) is 12.1 Å². The number of ether oxygens (including phenoxy) is 2. The molecule has 0 bridgehead atoms. The highest BCUT2D eigenvalue weighted by molar-refractivity contribution is 6.30. The van der Waals surface area contributed by atoms with Crippen LogP contribution in [0.3, 0.4) is 0 Å². The monoisotopic (exact) mass is 487 g/mol. The van der Waals surface area contributed by atoms with E-state index in [0.29, 0.717) is 10.8 Å². The number of nitrogens with zero attached hydrogens (tertiary/aromatic N) is 2. The van der Waals surface area contributed by atoms with Gasteiger partial charge in [0.1, 0.15) is 30.1 Å². The Bertz CT molecular complexity index is 1040. The number of rotatable bonds is 5. The van der Waals surface area contributed by atoms with Crippen LogP contribution >= 0.6 is 11.6 Å². The van der Waals surface area contributed by atoms with Gasteiger partial charge in [0.25, 0.3) is 0 Å². The molecule has 2 aliphatic rings. The van der Waals surface area contributed by atoms with E-state index in [2.05, 4.69) is 5.43 Å². The second-order valence-electron chi connectivity index (χ2n) is 7.58. The molecule has 2 heterocycles. The average molecular weight is 488 g/mol. The highest BCUT2D eigenvalue weighted by atomic mass is 35.5. The summed E-state index contributed by atoms with van der Waals surface area (Å²) in [6.45, 7) is -0.574. The Kier molecular flexibility index (Phi) is 6.71. The molecule has 5 atom stereocenters. The topological polar surface area (TPSA) is 97.7 Å². The number of hydrogen-bond donors (Lipinski definition) is 4. The number of benzene rings is 2. The van der Waals surface area contributed by atoms with Crippen molar-refractivity contribution < 1.29 is 38.0 Å². The van der Waals surface area contributed by atoms with Gasteiger partial charge in [-0.2, -0.15) is 0 Å². The lowest BCUT2D eigenvalue weighted by Crippen LogP contribution is -2.66. The molecule has 2 aromatic rings. The second-order valence-corrected chi connectivity index (χ2v) is 8.02. The van der Waals surface area contributed by atoms with E-state index in [1.54, 1.807) is 18.2 Å². The van der Waals surface area contributed by atoms with Crippen LogP contribution in [-0.4, -0.2) is 69.7 Å². The van der Waals surface area contributed by atoms with Crippen molar-refractivity contribution in [2.75, 3.05) is 13.7 Å². The van der Waals surface area contributed by atoms with Crippen molar-refractivity contribution in [2.24, 2.45) is 0 Å². The SMILES string of the molecule is CN1NC(c2cc(F)c(F)c(F)c2)=CN1C1C(O)[C@@H](Oc2cccc(Cl)c2)OC(CO)[C@@H]1O. The molecule has 0 saturated carbocycles. The molecule has 0 radical (unpaired) electrons. The van der Waals surface area contributed by atoms with Gasteiger partial charge in [-0.15, -0.1) is 5.12 Å². The summed E-state index contributed by atoms with van der Waals surface area (Å²) in [6.07, 6.45) is -3.86. The Labute approximate surface area is 191 Å². The zero-order valence-corrected chi connectivity index (χ0v) is 18.0. The molecule has 12 heteroatoms. The van der Waals surface area contributed by atoms with Crippen LogP contribution in [-0.2, 0) is 4.74 Å². The number of halogens is 4. The summed E-state index contributed by atoms with van der Waals surface area (Å²) in [5.41, 5.74) is 3.00. The minimum atomic E-state index is -1.59. The smallest absolute Gasteiger partial charge is 0.228 e. The lowest BCUT2D eigenvalue weighted by molar-refractivity contribution is -0.276. The summed E-state index contributed by atoms with van der Waals surface area (Å²) < 4.78 is 52.0. The van der Waals surface area contributed by atoms with Gasteiger partial charge in [0, 0.05) is 23.8 Å². The van der Waals surface area contributed by atoms with Crippen LogP contribution < -0.4 is 10.2 Å². The Balaban J connectivity index is 1.63. The predicted octanol–water partition coefficient (Wildman–Crippen LogP) is 1.61. The van der Waals surface area contributed by atoms with Gasteiger partial charge in [-0.05, 0) is 30.3 Å². The van der Waals surface area contributed by atoms with Gasteiger partial charge in [-0.1, -0.05) is 17.7 Å². The maximum Gasteiger partial charge on any atom is 0.228 e. The molecule has 1 saturated heterocycles. The van der Waals surface area contributed by atoms with E-state index in [-0.39, 0.29) is 11.3 Å². The minimum Gasteiger partial charge on any atom is -0.462 e. The van der Waals surface area contributed by atoms with E-state index in [9.17, 15) is 28.5 Å². The van der Waals surface area contributed by atoms with Gasteiger partial charge >= 0.3 is 0 Å². The minimum absolute atomic E-state index is 0.00206. The number of hydrogen-bond acceptors (Lipinski definition) is 8. The summed E-state index contributed by atoms with van der Waals surface area (Å²) in [5, 5.41) is 34.6. The maximum atomic E-state index is 13.7. The summed E-state index contributed by atoms with van der Waals surface area (Å²) in [7, 11) is 1.52. The van der Waals surface area contributed by atoms with Crippen molar-refractivity contribution in [3.8, 4) is 5.75 Å². The Morgan fingerprint density at radius 1 is 1.12 bits per heavy atom. The van der Waals surface area contributed by atoms with Crippen molar-refractivity contribution in [3.05, 3.63) is 70.6 Å². The van der Waals surface area contributed by atoms with Crippen LogP contribution in [0.1, 0.15) is 5.56 Å². The van der Waals surface area contributed by atoms with E-state index >= 15 is 0 Å². The molecule has 0 spiro atoms. The third kappa shape index (κ3) is 4.60. The second kappa shape index (κ2) is 9.37. The lowest BCUT2D eigenvalue weighted by Gasteiger charge is -2.46. The normalized spacial score (nSPS) is 27.9. The van der Waals surface area contributed by atoms with Crippen molar-refractivity contribution in [3.63, 3.8) is 0 Å². The van der Waals surface area contributed by atoms with E-state index in [4.69, 9.17) is 21.1 Å².